The molecule has 1 atom stereocenters. The number of ether oxygens (including phenoxy) is 1. The molecule has 112 valence electrons. The van der Waals surface area contributed by atoms with Crippen LogP contribution in [0.4, 0.5) is 5.13 Å². The Balaban J connectivity index is 2.11. The van der Waals surface area contributed by atoms with Crippen LogP contribution in [0.25, 0.3) is 0 Å². The highest BCUT2D eigenvalue weighted by molar-refractivity contribution is 7.17. The molecule has 1 aliphatic rings. The van der Waals surface area contributed by atoms with Gasteiger partial charge in [0, 0.05) is 26.7 Å². The number of hydrogen-bond donors (Lipinski definition) is 1. The Morgan fingerprint density at radius 2 is 2.40 bits per heavy atom. The molecule has 1 saturated heterocycles. The molecular formula is C13H21N3O3S. The van der Waals surface area contributed by atoms with Gasteiger partial charge in [-0.15, -0.1) is 0 Å². The van der Waals surface area contributed by atoms with Gasteiger partial charge in [0.2, 0.25) is 0 Å². The first kappa shape index (κ1) is 15.2. The number of likely N-dealkylation sites (N-methyl/N-ethyl adjacent to an activating group) is 2. The van der Waals surface area contributed by atoms with E-state index in [-0.39, 0.29) is 11.5 Å². The lowest BCUT2D eigenvalue weighted by atomic mass is 10.2. The highest BCUT2D eigenvalue weighted by Gasteiger charge is 2.25. The lowest BCUT2D eigenvalue weighted by Gasteiger charge is -2.25. The van der Waals surface area contributed by atoms with Gasteiger partial charge in [-0.1, -0.05) is 11.3 Å². The summed E-state index contributed by atoms with van der Waals surface area (Å²) in [6.07, 6.45) is 2.41. The summed E-state index contributed by atoms with van der Waals surface area (Å²) >= 11 is 1.22. The monoisotopic (exact) mass is 299 g/mol. The smallest absolute Gasteiger partial charge is 0.347 e. The number of likely N-dealkylation sites (tertiary alicyclic amines) is 1. The number of aromatic nitrogens is 1. The van der Waals surface area contributed by atoms with Gasteiger partial charge in [-0.3, -0.25) is 0 Å². The molecule has 0 radical (unpaired) electrons. The van der Waals surface area contributed by atoms with Gasteiger partial charge in [0.15, 0.2) is 5.13 Å². The van der Waals surface area contributed by atoms with Crippen LogP contribution < -0.4 is 4.90 Å². The molecule has 1 aliphatic heterocycles. The number of rotatable bonds is 6. The predicted octanol–water partition coefficient (Wildman–Crippen LogP) is 1.52. The molecule has 7 heteroatoms. The fourth-order valence-electron chi connectivity index (χ4n) is 2.51. The lowest BCUT2D eigenvalue weighted by Crippen LogP contribution is -2.36. The van der Waals surface area contributed by atoms with E-state index in [1.807, 2.05) is 11.9 Å². The highest BCUT2D eigenvalue weighted by Crippen LogP contribution is 2.27. The Morgan fingerprint density at radius 3 is 2.95 bits per heavy atom. The quantitative estimate of drug-likeness (QED) is 0.859. The van der Waals surface area contributed by atoms with E-state index in [4.69, 9.17) is 4.74 Å². The summed E-state index contributed by atoms with van der Waals surface area (Å²) in [5.41, 5.74) is 0.506. The van der Waals surface area contributed by atoms with Crippen LogP contribution in [-0.4, -0.2) is 61.3 Å². The van der Waals surface area contributed by atoms with E-state index >= 15 is 0 Å². The first-order chi connectivity index (χ1) is 9.52. The van der Waals surface area contributed by atoms with Crippen molar-refractivity contribution in [3.05, 3.63) is 10.6 Å². The number of nitrogens with zero attached hydrogens (tertiary/aromatic N) is 3. The number of carboxylic acid groups (broad SMARTS) is 1. The van der Waals surface area contributed by atoms with Gasteiger partial charge in [-0.2, -0.15) is 0 Å². The average molecular weight is 299 g/mol. The van der Waals surface area contributed by atoms with E-state index < -0.39 is 5.97 Å². The number of thiazole rings is 1. The predicted molar refractivity (Wildman–Crippen MR) is 78.7 cm³/mol. The zero-order valence-electron chi connectivity index (χ0n) is 12.1. The van der Waals surface area contributed by atoms with Gasteiger partial charge in [0.25, 0.3) is 0 Å². The van der Waals surface area contributed by atoms with E-state index in [9.17, 15) is 9.90 Å². The topological polar surface area (TPSA) is 65.9 Å². The van der Waals surface area contributed by atoms with Crippen molar-refractivity contribution in [2.45, 2.75) is 25.5 Å². The maximum absolute atomic E-state index is 11.2. The third-order valence-electron chi connectivity index (χ3n) is 3.64. The summed E-state index contributed by atoms with van der Waals surface area (Å²) in [4.78, 5) is 20.3. The van der Waals surface area contributed by atoms with Crippen molar-refractivity contribution in [1.29, 1.82) is 0 Å². The van der Waals surface area contributed by atoms with Crippen molar-refractivity contribution in [3.8, 4) is 0 Å². The van der Waals surface area contributed by atoms with Crippen LogP contribution in [0.15, 0.2) is 0 Å². The van der Waals surface area contributed by atoms with Crippen LogP contribution in [0.3, 0.4) is 0 Å². The Labute approximate surface area is 123 Å². The first-order valence-corrected chi connectivity index (χ1v) is 7.48. The molecule has 0 aromatic carbocycles. The maximum Gasteiger partial charge on any atom is 0.347 e. The molecule has 1 N–H and O–H groups in total. The fraction of sp³-hybridized carbons (Fsp3) is 0.692. The van der Waals surface area contributed by atoms with Crippen LogP contribution in [0.2, 0.25) is 0 Å². The lowest BCUT2D eigenvalue weighted by molar-refractivity contribution is 0.0697. The Bertz CT molecular complexity index is 477. The number of anilines is 1. The minimum absolute atomic E-state index is 0.231. The number of aromatic carboxylic acids is 1. The summed E-state index contributed by atoms with van der Waals surface area (Å²) < 4.78 is 5.02. The second-order valence-corrected chi connectivity index (χ2v) is 6.15. The van der Waals surface area contributed by atoms with Crippen LogP contribution in [0.5, 0.6) is 0 Å². The molecule has 1 aromatic heterocycles. The second-order valence-electron chi connectivity index (χ2n) is 5.17. The zero-order valence-corrected chi connectivity index (χ0v) is 12.9. The van der Waals surface area contributed by atoms with Gasteiger partial charge in [-0.25, -0.2) is 9.78 Å². The fourth-order valence-corrected chi connectivity index (χ4v) is 3.39. The number of carboxylic acids is 1. The molecule has 0 bridgehead atoms. The van der Waals surface area contributed by atoms with Crippen molar-refractivity contribution in [1.82, 2.24) is 9.88 Å². The third-order valence-corrected chi connectivity index (χ3v) is 4.84. The van der Waals surface area contributed by atoms with Crippen molar-refractivity contribution in [2.24, 2.45) is 0 Å². The molecule has 2 heterocycles. The SMILES string of the molecule is COCc1nc(N(C)CC2CCCN2C)sc1C(=O)O. The van der Waals surface area contributed by atoms with Crippen molar-refractivity contribution in [3.63, 3.8) is 0 Å². The summed E-state index contributed by atoms with van der Waals surface area (Å²) in [6, 6.07) is 0.517. The van der Waals surface area contributed by atoms with E-state index in [1.165, 1.54) is 24.2 Å². The number of methoxy groups -OCH3 is 1. The van der Waals surface area contributed by atoms with E-state index in [1.54, 1.807) is 7.11 Å². The second kappa shape index (κ2) is 6.51. The molecule has 1 unspecified atom stereocenters. The van der Waals surface area contributed by atoms with Gasteiger partial charge in [0.05, 0.1) is 12.3 Å². The van der Waals surface area contributed by atoms with Crippen LogP contribution >= 0.6 is 11.3 Å². The molecule has 0 saturated carbocycles. The van der Waals surface area contributed by atoms with Crippen LogP contribution in [0, 0.1) is 0 Å². The molecular weight excluding hydrogens is 278 g/mol. The number of hydrogen-bond acceptors (Lipinski definition) is 6. The Morgan fingerprint density at radius 1 is 1.65 bits per heavy atom. The van der Waals surface area contributed by atoms with E-state index in [2.05, 4.69) is 16.9 Å². The van der Waals surface area contributed by atoms with Gasteiger partial charge in [0.1, 0.15) is 4.88 Å². The summed E-state index contributed by atoms with van der Waals surface area (Å²) in [5.74, 6) is -0.938. The maximum atomic E-state index is 11.2. The third kappa shape index (κ3) is 3.28. The first-order valence-electron chi connectivity index (χ1n) is 6.66. The van der Waals surface area contributed by atoms with Crippen molar-refractivity contribution in [2.75, 3.05) is 39.2 Å². The standard InChI is InChI=1S/C13H21N3O3S/c1-15-6-4-5-9(15)7-16(2)13-14-10(8-19-3)11(20-13)12(17)18/h9H,4-8H2,1-3H3,(H,17,18). The van der Waals surface area contributed by atoms with Crippen molar-refractivity contribution >= 4 is 22.4 Å². The number of carbonyl (C=O) groups is 1. The van der Waals surface area contributed by atoms with Gasteiger partial charge < -0.3 is 19.6 Å². The molecule has 1 aromatic rings. The highest BCUT2D eigenvalue weighted by atomic mass is 32.1. The molecule has 0 aliphatic carbocycles. The van der Waals surface area contributed by atoms with Gasteiger partial charge >= 0.3 is 5.97 Å². The molecule has 0 amide bonds. The minimum atomic E-state index is -0.938. The minimum Gasteiger partial charge on any atom is -0.477 e. The van der Waals surface area contributed by atoms with Crippen LogP contribution in [0.1, 0.15) is 28.2 Å². The molecule has 0 spiro atoms. The molecule has 2 rings (SSSR count). The van der Waals surface area contributed by atoms with E-state index in [0.717, 1.165) is 18.2 Å². The molecule has 20 heavy (non-hydrogen) atoms. The largest absolute Gasteiger partial charge is 0.477 e. The zero-order chi connectivity index (χ0) is 14.7. The Hall–Kier alpha value is -1.18. The van der Waals surface area contributed by atoms with Crippen LogP contribution in [-0.2, 0) is 11.3 Å². The van der Waals surface area contributed by atoms with Crippen molar-refractivity contribution < 1.29 is 14.6 Å². The summed E-state index contributed by atoms with van der Waals surface area (Å²) in [5, 5.41) is 9.95. The Kier molecular flexibility index (Phi) is 4.95. The molecule has 6 nitrogen and oxygen atoms in total. The summed E-state index contributed by atoms with van der Waals surface area (Å²) in [6.45, 7) is 2.23. The average Bonchev–Trinajstić information content (AvgIpc) is 2.97. The van der Waals surface area contributed by atoms with E-state index in [0.29, 0.717) is 11.7 Å². The van der Waals surface area contributed by atoms with Gasteiger partial charge in [-0.05, 0) is 26.4 Å². The molecule has 1 fully saturated rings. The normalized spacial score (nSPS) is 19.4. The summed E-state index contributed by atoms with van der Waals surface area (Å²) in [7, 11) is 5.64.